The van der Waals surface area contributed by atoms with Crippen LogP contribution in [-0.2, 0) is 22.7 Å². The number of imide groups is 1. The van der Waals surface area contributed by atoms with Crippen molar-refractivity contribution >= 4 is 17.7 Å². The Morgan fingerprint density at radius 3 is 2.83 bits per heavy atom. The summed E-state index contributed by atoms with van der Waals surface area (Å²) >= 11 is 0. The number of rotatable bonds is 3. The smallest absolute Gasteiger partial charge is 0.255 e. The molecule has 0 aliphatic carbocycles. The van der Waals surface area contributed by atoms with Crippen LogP contribution in [0.1, 0.15) is 60.0 Å². The maximum absolute atomic E-state index is 12.9. The fraction of sp³-hybridized carbons (Fsp3) is 0.591. The van der Waals surface area contributed by atoms with Gasteiger partial charge in [0, 0.05) is 37.2 Å². The first-order valence-corrected chi connectivity index (χ1v) is 10.8. The monoisotopic (exact) mass is 396 g/mol. The van der Waals surface area contributed by atoms with Crippen LogP contribution in [0, 0.1) is 0 Å². The summed E-state index contributed by atoms with van der Waals surface area (Å²) in [4.78, 5) is 40.8. The molecule has 5 rings (SSSR count). The molecular weight excluding hydrogens is 368 g/mol. The lowest BCUT2D eigenvalue weighted by Gasteiger charge is -2.44. The third-order valence-electron chi connectivity index (χ3n) is 7.17. The minimum atomic E-state index is -0.550. The highest BCUT2D eigenvalue weighted by Crippen LogP contribution is 2.35. The second-order valence-electron chi connectivity index (χ2n) is 8.92. The number of hydrogen-bond donors (Lipinski definition) is 2. The van der Waals surface area contributed by atoms with Crippen molar-refractivity contribution in [1.29, 1.82) is 0 Å². The molecule has 4 aliphatic rings. The van der Waals surface area contributed by atoms with Gasteiger partial charge in [-0.3, -0.25) is 24.6 Å². The van der Waals surface area contributed by atoms with E-state index < -0.39 is 6.04 Å². The summed E-state index contributed by atoms with van der Waals surface area (Å²) in [6.07, 6.45) is 5.70. The summed E-state index contributed by atoms with van der Waals surface area (Å²) < 4.78 is 0. The largest absolute Gasteiger partial charge is 0.322 e. The molecule has 1 aromatic rings. The van der Waals surface area contributed by atoms with Gasteiger partial charge in [0.25, 0.3) is 5.91 Å². The number of fused-ring (bicyclic) bond motifs is 1. The first-order chi connectivity index (χ1) is 14.1. The van der Waals surface area contributed by atoms with Crippen LogP contribution in [0.3, 0.4) is 0 Å². The summed E-state index contributed by atoms with van der Waals surface area (Å²) in [7, 11) is 0. The first kappa shape index (κ1) is 18.8. The molecule has 0 bridgehead atoms. The Morgan fingerprint density at radius 1 is 1.14 bits per heavy atom. The van der Waals surface area contributed by atoms with Crippen molar-refractivity contribution in [2.75, 3.05) is 19.6 Å². The van der Waals surface area contributed by atoms with E-state index >= 15 is 0 Å². The van der Waals surface area contributed by atoms with Gasteiger partial charge in [0.05, 0.1) is 0 Å². The maximum atomic E-state index is 12.9. The van der Waals surface area contributed by atoms with Crippen molar-refractivity contribution in [3.63, 3.8) is 0 Å². The Hall–Kier alpha value is -2.25. The molecule has 0 saturated carbocycles. The van der Waals surface area contributed by atoms with E-state index in [1.165, 1.54) is 31.2 Å². The number of likely N-dealkylation sites (tertiary alicyclic amines) is 1. The predicted molar refractivity (Wildman–Crippen MR) is 107 cm³/mol. The van der Waals surface area contributed by atoms with Crippen molar-refractivity contribution in [2.45, 2.75) is 63.2 Å². The molecule has 4 heterocycles. The van der Waals surface area contributed by atoms with Crippen molar-refractivity contribution < 1.29 is 14.4 Å². The Labute approximate surface area is 170 Å². The van der Waals surface area contributed by atoms with Crippen molar-refractivity contribution in [3.8, 4) is 0 Å². The highest BCUT2D eigenvalue weighted by molar-refractivity contribution is 6.05. The highest BCUT2D eigenvalue weighted by atomic mass is 16.2. The lowest BCUT2D eigenvalue weighted by molar-refractivity contribution is -0.136. The van der Waals surface area contributed by atoms with Gasteiger partial charge >= 0.3 is 0 Å². The summed E-state index contributed by atoms with van der Waals surface area (Å²) in [5.74, 6) is -0.711. The summed E-state index contributed by atoms with van der Waals surface area (Å²) in [5.41, 5.74) is 3.20. The van der Waals surface area contributed by atoms with E-state index in [1.54, 1.807) is 4.90 Å². The lowest BCUT2D eigenvalue weighted by atomic mass is 9.85. The molecular formula is C22H28N4O3. The maximum Gasteiger partial charge on any atom is 0.255 e. The molecule has 0 aromatic heterocycles. The van der Waals surface area contributed by atoms with E-state index in [2.05, 4.69) is 27.7 Å². The molecule has 1 aromatic carbocycles. The number of amides is 3. The van der Waals surface area contributed by atoms with Crippen LogP contribution >= 0.6 is 0 Å². The van der Waals surface area contributed by atoms with Gasteiger partial charge in [-0.2, -0.15) is 0 Å². The van der Waals surface area contributed by atoms with Gasteiger partial charge in [0.15, 0.2) is 0 Å². The van der Waals surface area contributed by atoms with Gasteiger partial charge in [-0.05, 0) is 56.0 Å². The number of carbonyl (C=O) groups excluding carboxylic acids is 3. The molecule has 1 spiro atoms. The molecule has 3 amide bonds. The van der Waals surface area contributed by atoms with Gasteiger partial charge in [-0.1, -0.05) is 18.6 Å². The van der Waals surface area contributed by atoms with Gasteiger partial charge in [-0.25, -0.2) is 0 Å². The van der Waals surface area contributed by atoms with E-state index in [0.29, 0.717) is 18.5 Å². The Balaban J connectivity index is 1.33. The molecule has 0 radical (unpaired) electrons. The van der Waals surface area contributed by atoms with Gasteiger partial charge < -0.3 is 10.2 Å². The third-order valence-corrected chi connectivity index (χ3v) is 7.17. The SMILES string of the molecule is O=C1CCC(N2Cc3cc(CN4CCCCC45CCNC5)ccc3C2=O)C(=O)N1. The molecule has 7 nitrogen and oxygen atoms in total. The van der Waals surface area contributed by atoms with Crippen molar-refractivity contribution in [2.24, 2.45) is 0 Å². The average Bonchev–Trinajstić information content (AvgIpc) is 3.29. The van der Waals surface area contributed by atoms with Crippen LogP contribution in [0.25, 0.3) is 0 Å². The average molecular weight is 396 g/mol. The van der Waals surface area contributed by atoms with Gasteiger partial charge in [-0.15, -0.1) is 0 Å². The number of carbonyl (C=O) groups is 3. The minimum Gasteiger partial charge on any atom is -0.322 e. The topological polar surface area (TPSA) is 81.8 Å². The van der Waals surface area contributed by atoms with E-state index in [4.69, 9.17) is 0 Å². The van der Waals surface area contributed by atoms with Crippen molar-refractivity contribution in [3.05, 3.63) is 34.9 Å². The Bertz CT molecular complexity index is 862. The number of piperidine rings is 2. The standard InChI is InChI=1S/C22H28N4O3/c27-19-6-5-18(20(28)24-19)26-13-16-11-15(3-4-17(16)21(26)29)12-25-10-2-1-7-22(25)8-9-23-14-22/h3-4,11,18,23H,1-2,5-10,12-14H2,(H,24,27,28). The normalized spacial score (nSPS) is 30.1. The molecule has 154 valence electrons. The molecule has 2 atom stereocenters. The number of benzene rings is 1. The second-order valence-corrected chi connectivity index (χ2v) is 8.92. The second kappa shape index (κ2) is 7.22. The van der Waals surface area contributed by atoms with Crippen LogP contribution < -0.4 is 10.6 Å². The molecule has 3 saturated heterocycles. The molecule has 29 heavy (non-hydrogen) atoms. The Kier molecular flexibility index (Phi) is 4.67. The van der Waals surface area contributed by atoms with Crippen LogP contribution in [0.4, 0.5) is 0 Å². The quantitative estimate of drug-likeness (QED) is 0.750. The van der Waals surface area contributed by atoms with Crippen molar-refractivity contribution in [1.82, 2.24) is 20.4 Å². The zero-order valence-corrected chi connectivity index (χ0v) is 16.7. The molecule has 3 fully saturated rings. The van der Waals surface area contributed by atoms with Crippen LogP contribution in [0.5, 0.6) is 0 Å². The zero-order chi connectivity index (χ0) is 20.0. The summed E-state index contributed by atoms with van der Waals surface area (Å²) in [5, 5.41) is 5.90. The molecule has 4 aliphatic heterocycles. The molecule has 2 N–H and O–H groups in total. The van der Waals surface area contributed by atoms with Crippen LogP contribution in [0.2, 0.25) is 0 Å². The predicted octanol–water partition coefficient (Wildman–Crippen LogP) is 1.17. The summed E-state index contributed by atoms with van der Waals surface area (Å²) in [6.45, 7) is 4.64. The van der Waals surface area contributed by atoms with E-state index in [1.807, 2.05) is 6.07 Å². The molecule has 7 heteroatoms. The number of nitrogens with one attached hydrogen (secondary N) is 2. The van der Waals surface area contributed by atoms with Crippen LogP contribution in [0.15, 0.2) is 18.2 Å². The fourth-order valence-corrected chi connectivity index (χ4v) is 5.56. The summed E-state index contributed by atoms with van der Waals surface area (Å²) in [6, 6.07) is 5.58. The first-order valence-electron chi connectivity index (χ1n) is 10.8. The fourth-order valence-electron chi connectivity index (χ4n) is 5.56. The van der Waals surface area contributed by atoms with Crippen LogP contribution in [-0.4, -0.2) is 58.7 Å². The van der Waals surface area contributed by atoms with Gasteiger partial charge in [0.2, 0.25) is 11.8 Å². The number of nitrogens with zero attached hydrogens (tertiary/aromatic N) is 2. The van der Waals surface area contributed by atoms with E-state index in [-0.39, 0.29) is 29.7 Å². The van der Waals surface area contributed by atoms with E-state index in [9.17, 15) is 14.4 Å². The van der Waals surface area contributed by atoms with E-state index in [0.717, 1.165) is 31.7 Å². The minimum absolute atomic E-state index is 0.101. The third kappa shape index (κ3) is 3.26. The Morgan fingerprint density at radius 2 is 2.03 bits per heavy atom. The highest BCUT2D eigenvalue weighted by Gasteiger charge is 2.42. The zero-order valence-electron chi connectivity index (χ0n) is 16.7. The lowest BCUT2D eigenvalue weighted by Crippen LogP contribution is -2.52. The van der Waals surface area contributed by atoms with Gasteiger partial charge in [0.1, 0.15) is 6.04 Å². The molecule has 2 unspecified atom stereocenters. The number of hydrogen-bond acceptors (Lipinski definition) is 5.